The summed E-state index contributed by atoms with van der Waals surface area (Å²) in [6, 6.07) is 17.3. The molecule has 0 atom stereocenters. The van der Waals surface area contributed by atoms with E-state index in [4.69, 9.17) is 19.1 Å². The molecule has 0 saturated carbocycles. The highest BCUT2D eigenvalue weighted by atomic mass is 31.1. The van der Waals surface area contributed by atoms with Crippen LogP contribution in [0.3, 0.4) is 0 Å². The van der Waals surface area contributed by atoms with E-state index in [1.807, 2.05) is 0 Å². The monoisotopic (exact) mass is 504 g/mol. The van der Waals surface area contributed by atoms with E-state index in [0.717, 1.165) is 24.3 Å². The summed E-state index contributed by atoms with van der Waals surface area (Å²) in [5.41, 5.74) is 2.70. The second kappa shape index (κ2) is 21.7. The summed E-state index contributed by atoms with van der Waals surface area (Å²) in [5, 5.41) is 0. The van der Waals surface area contributed by atoms with Gasteiger partial charge in [0.1, 0.15) is 11.5 Å². The highest BCUT2D eigenvalue weighted by molar-refractivity contribution is 7.30. The molecular formula is C30H49O4P. The van der Waals surface area contributed by atoms with Crippen LogP contribution in [0.25, 0.3) is 0 Å². The lowest BCUT2D eigenvalue weighted by molar-refractivity contribution is 0.405. The molecule has 4 nitrogen and oxygen atoms in total. The first kappa shape index (κ1) is 31.4. The third-order valence-corrected chi connectivity index (χ3v) is 6.26. The van der Waals surface area contributed by atoms with Crippen LogP contribution in [0.15, 0.2) is 48.5 Å². The third kappa shape index (κ3) is 16.6. The first-order valence-electron chi connectivity index (χ1n) is 13.8. The Labute approximate surface area is 215 Å². The first-order chi connectivity index (χ1) is 17.1. The van der Waals surface area contributed by atoms with Crippen LogP contribution in [-0.2, 0) is 17.4 Å². The van der Waals surface area contributed by atoms with Crippen LogP contribution in [0, 0.1) is 0 Å². The van der Waals surface area contributed by atoms with E-state index >= 15 is 0 Å². The molecule has 2 aromatic carbocycles. The van der Waals surface area contributed by atoms with Crippen molar-refractivity contribution in [2.45, 2.75) is 117 Å². The van der Waals surface area contributed by atoms with Crippen molar-refractivity contribution >= 4 is 8.25 Å². The average molecular weight is 505 g/mol. The molecule has 198 valence electrons. The molecule has 2 N–H and O–H groups in total. The lowest BCUT2D eigenvalue weighted by Gasteiger charge is -2.14. The number of unbranched alkanes of at least 4 members (excludes halogenated alkanes) is 12. The average Bonchev–Trinajstić information content (AvgIpc) is 2.84. The standard InChI is InChI=1S/C30H46O.H3O3P/c1-3-5-7-9-11-13-15-21-27-23-17-19-25-29(27)31-30-26-20-18-24-28(30)22-16-14-12-10-8-6-4-2;1-4(2)3/h17-20,23-26H,3-16,21-22H2,1-2H3;4H,(H2,1,2,3). The topological polar surface area (TPSA) is 66.8 Å². The summed E-state index contributed by atoms with van der Waals surface area (Å²) in [6.45, 7) is 4.56. The van der Waals surface area contributed by atoms with Gasteiger partial charge in [-0.2, -0.15) is 0 Å². The summed E-state index contributed by atoms with van der Waals surface area (Å²) in [4.78, 5) is 14.3. The van der Waals surface area contributed by atoms with Gasteiger partial charge in [0, 0.05) is 0 Å². The molecule has 0 aromatic heterocycles. The van der Waals surface area contributed by atoms with Crippen molar-refractivity contribution in [1.82, 2.24) is 0 Å². The molecule has 0 saturated heterocycles. The van der Waals surface area contributed by atoms with E-state index in [1.165, 1.54) is 101 Å². The number of hydrogen-bond donors (Lipinski definition) is 2. The number of aryl methyl sites for hydroxylation is 2. The van der Waals surface area contributed by atoms with Crippen molar-refractivity contribution in [3.8, 4) is 11.5 Å². The zero-order valence-corrected chi connectivity index (χ0v) is 23.1. The van der Waals surface area contributed by atoms with Crippen molar-refractivity contribution in [1.29, 1.82) is 0 Å². The number of benzene rings is 2. The van der Waals surface area contributed by atoms with Crippen LogP contribution in [0.2, 0.25) is 0 Å². The minimum absolute atomic E-state index is 1.04. The van der Waals surface area contributed by atoms with Crippen LogP contribution in [-0.4, -0.2) is 9.79 Å². The molecular weight excluding hydrogens is 455 g/mol. The Balaban J connectivity index is 0.00000142. The molecule has 0 unspecified atom stereocenters. The second-order valence-electron chi connectivity index (χ2n) is 9.34. The van der Waals surface area contributed by atoms with Gasteiger partial charge in [-0.15, -0.1) is 0 Å². The highest BCUT2D eigenvalue weighted by Crippen LogP contribution is 2.30. The van der Waals surface area contributed by atoms with Crippen LogP contribution < -0.4 is 4.74 Å². The smallest absolute Gasteiger partial charge is 0.314 e. The van der Waals surface area contributed by atoms with E-state index in [-0.39, 0.29) is 0 Å². The Morgan fingerprint density at radius 3 is 1.26 bits per heavy atom. The highest BCUT2D eigenvalue weighted by Gasteiger charge is 2.08. The Bertz CT molecular complexity index is 730. The first-order valence-corrected chi connectivity index (χ1v) is 15.1. The molecule has 35 heavy (non-hydrogen) atoms. The molecule has 0 heterocycles. The quantitative estimate of drug-likeness (QED) is 0.157. The maximum Gasteiger partial charge on any atom is 0.314 e. The number of rotatable bonds is 18. The normalized spacial score (nSPS) is 10.8. The van der Waals surface area contributed by atoms with Gasteiger partial charge in [0.05, 0.1) is 0 Å². The molecule has 0 radical (unpaired) electrons. The summed E-state index contributed by atoms with van der Waals surface area (Å²) in [6.07, 6.45) is 21.1. The lowest BCUT2D eigenvalue weighted by atomic mass is 10.0. The van der Waals surface area contributed by atoms with Crippen LogP contribution in [0.5, 0.6) is 11.5 Å². The molecule has 2 rings (SSSR count). The predicted molar refractivity (Wildman–Crippen MR) is 150 cm³/mol. The predicted octanol–water partition coefficient (Wildman–Crippen LogP) is 9.43. The number of para-hydroxylation sites is 2. The van der Waals surface area contributed by atoms with E-state index in [1.54, 1.807) is 0 Å². The van der Waals surface area contributed by atoms with Crippen molar-refractivity contribution in [3.05, 3.63) is 59.7 Å². The fourth-order valence-electron chi connectivity index (χ4n) is 4.28. The van der Waals surface area contributed by atoms with Gasteiger partial charge in [0.2, 0.25) is 0 Å². The maximum atomic E-state index is 8.74. The van der Waals surface area contributed by atoms with Crippen LogP contribution in [0.1, 0.15) is 115 Å². The van der Waals surface area contributed by atoms with Gasteiger partial charge in [-0.25, -0.2) is 0 Å². The van der Waals surface area contributed by atoms with Gasteiger partial charge in [0.25, 0.3) is 0 Å². The molecule has 0 amide bonds. The van der Waals surface area contributed by atoms with Gasteiger partial charge in [-0.05, 0) is 48.9 Å². The zero-order chi connectivity index (χ0) is 25.6. The molecule has 0 aliphatic heterocycles. The van der Waals surface area contributed by atoms with Crippen molar-refractivity contribution < 1.29 is 19.1 Å². The van der Waals surface area contributed by atoms with Crippen LogP contribution in [0.4, 0.5) is 0 Å². The summed E-state index contributed by atoms with van der Waals surface area (Å²) in [5.74, 6) is 2.08. The minimum atomic E-state index is -3.13. The Kier molecular flexibility index (Phi) is 19.4. The minimum Gasteiger partial charge on any atom is -0.457 e. The SMILES string of the molecule is CCCCCCCCCc1ccccc1Oc1ccccc1CCCCCCCCC.O=[PH](O)O. The fourth-order valence-corrected chi connectivity index (χ4v) is 4.28. The second-order valence-corrected chi connectivity index (χ2v) is 9.91. The van der Waals surface area contributed by atoms with Crippen molar-refractivity contribution in [3.63, 3.8) is 0 Å². The molecule has 0 fully saturated rings. The largest absolute Gasteiger partial charge is 0.457 e. The molecule has 2 aromatic rings. The van der Waals surface area contributed by atoms with Crippen molar-refractivity contribution in [2.24, 2.45) is 0 Å². The van der Waals surface area contributed by atoms with Gasteiger partial charge < -0.3 is 14.5 Å². The molecule has 0 spiro atoms. The number of ether oxygens (including phenoxy) is 1. The van der Waals surface area contributed by atoms with Gasteiger partial charge in [-0.1, -0.05) is 127 Å². The summed E-state index contributed by atoms with van der Waals surface area (Å²) >= 11 is 0. The van der Waals surface area contributed by atoms with E-state index in [2.05, 4.69) is 62.4 Å². The third-order valence-electron chi connectivity index (χ3n) is 6.26. The Hall–Kier alpha value is -1.61. The van der Waals surface area contributed by atoms with Gasteiger partial charge >= 0.3 is 8.25 Å². The van der Waals surface area contributed by atoms with E-state index in [0.29, 0.717) is 0 Å². The van der Waals surface area contributed by atoms with Crippen LogP contribution >= 0.6 is 8.25 Å². The zero-order valence-electron chi connectivity index (χ0n) is 22.1. The van der Waals surface area contributed by atoms with E-state index < -0.39 is 8.25 Å². The van der Waals surface area contributed by atoms with E-state index in [9.17, 15) is 0 Å². The number of hydrogen-bond acceptors (Lipinski definition) is 2. The van der Waals surface area contributed by atoms with Gasteiger partial charge in [-0.3, -0.25) is 4.57 Å². The molecule has 0 aliphatic rings. The molecule has 5 heteroatoms. The summed E-state index contributed by atoms with van der Waals surface area (Å²) < 4.78 is 15.2. The van der Waals surface area contributed by atoms with Gasteiger partial charge in [0.15, 0.2) is 0 Å². The fraction of sp³-hybridized carbons (Fsp3) is 0.600. The Morgan fingerprint density at radius 2 is 0.886 bits per heavy atom. The van der Waals surface area contributed by atoms with Crippen molar-refractivity contribution in [2.75, 3.05) is 0 Å². The lowest BCUT2D eigenvalue weighted by Crippen LogP contribution is -1.96. The maximum absolute atomic E-state index is 8.74. The Morgan fingerprint density at radius 1 is 0.571 bits per heavy atom. The molecule has 0 bridgehead atoms. The summed E-state index contributed by atoms with van der Waals surface area (Å²) in [7, 11) is -3.13. The molecule has 0 aliphatic carbocycles.